The molecule has 0 saturated heterocycles. The Hall–Kier alpha value is -1.07. The Bertz CT molecular complexity index is 351. The minimum atomic E-state index is -0.0987. The fraction of sp³-hybridized carbons (Fsp3) is 0.600. The predicted molar refractivity (Wildman–Crippen MR) is 65.7 cm³/mol. The lowest BCUT2D eigenvalue weighted by Gasteiger charge is -2.09. The van der Waals surface area contributed by atoms with Gasteiger partial charge in [-0.3, -0.25) is 9.48 Å². The minimum absolute atomic E-state index is 0. The Morgan fingerprint density at radius 2 is 2.31 bits per heavy atom. The molecule has 0 bridgehead atoms. The van der Waals surface area contributed by atoms with Gasteiger partial charge in [0.05, 0.1) is 5.69 Å². The predicted octanol–water partition coefficient (Wildman–Crippen LogP) is 0.475. The van der Waals surface area contributed by atoms with Gasteiger partial charge in [0.25, 0.3) is 5.91 Å². The average Bonchev–Trinajstić information content (AvgIpc) is 2.53. The highest BCUT2D eigenvalue weighted by Crippen LogP contribution is 2.01. The van der Waals surface area contributed by atoms with Crippen LogP contribution in [-0.4, -0.2) is 28.8 Å². The van der Waals surface area contributed by atoms with Crippen molar-refractivity contribution in [2.24, 2.45) is 18.7 Å². The number of hydrogen-bond acceptors (Lipinski definition) is 3. The number of aryl methyl sites for hydroxylation is 2. The number of halogens is 1. The molecule has 0 saturated carbocycles. The first-order valence-electron chi connectivity index (χ1n) is 5.03. The zero-order valence-corrected chi connectivity index (χ0v) is 10.7. The van der Waals surface area contributed by atoms with Gasteiger partial charge in [-0.1, -0.05) is 6.92 Å². The third kappa shape index (κ3) is 3.83. The van der Waals surface area contributed by atoms with Crippen molar-refractivity contribution in [1.82, 2.24) is 15.1 Å². The van der Waals surface area contributed by atoms with E-state index in [0.717, 1.165) is 5.69 Å². The largest absolute Gasteiger partial charge is 0.350 e. The van der Waals surface area contributed by atoms with Crippen LogP contribution in [0, 0.1) is 12.8 Å². The van der Waals surface area contributed by atoms with Gasteiger partial charge in [-0.15, -0.1) is 12.4 Å². The number of carbonyl (C=O) groups excluding carboxylic acids is 1. The summed E-state index contributed by atoms with van der Waals surface area (Å²) in [4.78, 5) is 11.7. The van der Waals surface area contributed by atoms with Crippen molar-refractivity contribution in [3.05, 3.63) is 17.5 Å². The number of aromatic nitrogens is 2. The first-order valence-corrected chi connectivity index (χ1v) is 5.03. The first-order chi connectivity index (χ1) is 7.04. The van der Waals surface area contributed by atoms with Gasteiger partial charge in [-0.25, -0.2) is 0 Å². The van der Waals surface area contributed by atoms with E-state index in [2.05, 4.69) is 10.4 Å². The molecule has 1 aromatic heterocycles. The van der Waals surface area contributed by atoms with Crippen LogP contribution in [0.2, 0.25) is 0 Å². The Balaban J connectivity index is 0.00000225. The summed E-state index contributed by atoms with van der Waals surface area (Å²) in [5.74, 6) is 0.196. The highest BCUT2D eigenvalue weighted by molar-refractivity contribution is 5.92. The molecule has 0 radical (unpaired) electrons. The van der Waals surface area contributed by atoms with Crippen molar-refractivity contribution in [1.29, 1.82) is 0 Å². The summed E-state index contributed by atoms with van der Waals surface area (Å²) in [5, 5.41) is 6.93. The molecule has 0 aliphatic heterocycles. The van der Waals surface area contributed by atoms with E-state index in [9.17, 15) is 4.79 Å². The second-order valence-electron chi connectivity index (χ2n) is 3.85. The minimum Gasteiger partial charge on any atom is -0.350 e. The summed E-state index contributed by atoms with van der Waals surface area (Å²) in [6.07, 6.45) is 0. The van der Waals surface area contributed by atoms with Crippen LogP contribution in [0.4, 0.5) is 0 Å². The summed E-state index contributed by atoms with van der Waals surface area (Å²) in [6.45, 7) is 5.03. The van der Waals surface area contributed by atoms with Gasteiger partial charge < -0.3 is 11.1 Å². The molecule has 16 heavy (non-hydrogen) atoms. The van der Waals surface area contributed by atoms with Crippen LogP contribution in [0.3, 0.4) is 0 Å². The maximum absolute atomic E-state index is 11.7. The first kappa shape index (κ1) is 14.9. The van der Waals surface area contributed by atoms with E-state index in [1.165, 1.54) is 0 Å². The quantitative estimate of drug-likeness (QED) is 0.812. The van der Waals surface area contributed by atoms with Crippen LogP contribution < -0.4 is 11.1 Å². The number of amides is 1. The van der Waals surface area contributed by atoms with Crippen molar-refractivity contribution < 1.29 is 4.79 Å². The molecule has 1 unspecified atom stereocenters. The summed E-state index contributed by atoms with van der Waals surface area (Å²) < 4.78 is 1.58. The van der Waals surface area contributed by atoms with Gasteiger partial charge in [0.1, 0.15) is 5.69 Å². The van der Waals surface area contributed by atoms with E-state index >= 15 is 0 Å². The highest BCUT2D eigenvalue weighted by atomic mass is 35.5. The smallest absolute Gasteiger partial charge is 0.269 e. The van der Waals surface area contributed by atoms with Gasteiger partial charge in [0, 0.05) is 13.6 Å². The molecule has 0 fully saturated rings. The van der Waals surface area contributed by atoms with Crippen molar-refractivity contribution >= 4 is 18.3 Å². The molecule has 5 nitrogen and oxygen atoms in total. The van der Waals surface area contributed by atoms with E-state index in [0.29, 0.717) is 24.7 Å². The molecule has 1 heterocycles. The Morgan fingerprint density at radius 1 is 1.69 bits per heavy atom. The summed E-state index contributed by atoms with van der Waals surface area (Å²) in [7, 11) is 1.76. The monoisotopic (exact) mass is 246 g/mol. The Labute approximate surface area is 102 Å². The zero-order valence-electron chi connectivity index (χ0n) is 9.86. The number of hydrogen-bond donors (Lipinski definition) is 2. The lowest BCUT2D eigenvalue weighted by molar-refractivity contribution is 0.0939. The second-order valence-corrected chi connectivity index (χ2v) is 3.85. The molecule has 1 rings (SSSR count). The molecule has 0 aliphatic carbocycles. The molecule has 3 N–H and O–H groups in total. The van der Waals surface area contributed by atoms with Crippen LogP contribution in [0.25, 0.3) is 0 Å². The normalized spacial score (nSPS) is 11.8. The van der Waals surface area contributed by atoms with E-state index in [4.69, 9.17) is 5.73 Å². The fourth-order valence-electron chi connectivity index (χ4n) is 1.26. The fourth-order valence-corrected chi connectivity index (χ4v) is 1.26. The number of carbonyl (C=O) groups is 1. The van der Waals surface area contributed by atoms with Gasteiger partial charge in [0.2, 0.25) is 0 Å². The van der Waals surface area contributed by atoms with Crippen LogP contribution in [0.5, 0.6) is 0 Å². The molecule has 92 valence electrons. The molecule has 1 aromatic rings. The Kier molecular flexibility index (Phi) is 6.06. The topological polar surface area (TPSA) is 72.9 Å². The number of rotatable bonds is 4. The van der Waals surface area contributed by atoms with Crippen molar-refractivity contribution in [3.63, 3.8) is 0 Å². The molecule has 0 aromatic carbocycles. The van der Waals surface area contributed by atoms with E-state index < -0.39 is 0 Å². The zero-order chi connectivity index (χ0) is 11.4. The van der Waals surface area contributed by atoms with Crippen molar-refractivity contribution in [2.75, 3.05) is 13.1 Å². The lowest BCUT2D eigenvalue weighted by atomic mass is 10.2. The van der Waals surface area contributed by atoms with E-state index in [1.54, 1.807) is 17.8 Å². The molecular formula is C10H19ClN4O. The number of nitrogens with zero attached hydrogens (tertiary/aromatic N) is 2. The average molecular weight is 247 g/mol. The van der Waals surface area contributed by atoms with E-state index in [-0.39, 0.29) is 18.3 Å². The molecule has 0 spiro atoms. The van der Waals surface area contributed by atoms with Crippen LogP contribution >= 0.6 is 12.4 Å². The summed E-state index contributed by atoms with van der Waals surface area (Å²) in [5.41, 5.74) is 6.88. The summed E-state index contributed by atoms with van der Waals surface area (Å²) >= 11 is 0. The third-order valence-corrected chi connectivity index (χ3v) is 2.25. The van der Waals surface area contributed by atoms with Crippen LogP contribution in [-0.2, 0) is 7.05 Å². The second kappa shape index (κ2) is 6.50. The van der Waals surface area contributed by atoms with Crippen molar-refractivity contribution in [2.45, 2.75) is 13.8 Å². The van der Waals surface area contributed by atoms with E-state index in [1.807, 2.05) is 13.8 Å². The maximum atomic E-state index is 11.7. The third-order valence-electron chi connectivity index (χ3n) is 2.25. The lowest BCUT2D eigenvalue weighted by Crippen LogP contribution is -2.32. The molecule has 1 amide bonds. The highest BCUT2D eigenvalue weighted by Gasteiger charge is 2.11. The molecule has 0 aliphatic rings. The van der Waals surface area contributed by atoms with Gasteiger partial charge in [0.15, 0.2) is 0 Å². The van der Waals surface area contributed by atoms with Crippen molar-refractivity contribution in [3.8, 4) is 0 Å². The standard InChI is InChI=1S/C10H18N4O.ClH/c1-7(5-11)6-12-10(15)9-4-8(2)13-14(9)3;/h4,7H,5-6,11H2,1-3H3,(H,12,15);1H. The van der Waals surface area contributed by atoms with Gasteiger partial charge in [-0.2, -0.15) is 5.10 Å². The maximum Gasteiger partial charge on any atom is 0.269 e. The van der Waals surface area contributed by atoms with Crippen LogP contribution in [0.15, 0.2) is 6.07 Å². The number of nitrogens with two attached hydrogens (primary N) is 1. The SMILES string of the molecule is Cc1cc(C(=O)NCC(C)CN)n(C)n1.Cl. The van der Waals surface area contributed by atoms with Gasteiger partial charge >= 0.3 is 0 Å². The number of nitrogens with one attached hydrogen (secondary N) is 1. The van der Waals surface area contributed by atoms with Gasteiger partial charge in [-0.05, 0) is 25.5 Å². The Morgan fingerprint density at radius 3 is 2.75 bits per heavy atom. The molecule has 1 atom stereocenters. The molecule has 6 heteroatoms. The molecular weight excluding hydrogens is 228 g/mol. The summed E-state index contributed by atoms with van der Waals surface area (Å²) in [6, 6.07) is 1.77. The van der Waals surface area contributed by atoms with Crippen LogP contribution in [0.1, 0.15) is 23.1 Å².